The summed E-state index contributed by atoms with van der Waals surface area (Å²) in [6.07, 6.45) is 2.05. The fourth-order valence-corrected chi connectivity index (χ4v) is 1.02. The fourth-order valence-electron chi connectivity index (χ4n) is 1.02. The molecule has 0 aliphatic rings. The largest absolute Gasteiger partial charge is 0.478 e. The van der Waals surface area contributed by atoms with Gasteiger partial charge in [-0.15, -0.1) is 0 Å². The molecule has 1 aromatic heterocycles. The molecule has 0 amide bonds. The number of hydrogen-bond donors (Lipinski definition) is 1. The lowest BCUT2D eigenvalue weighted by Crippen LogP contribution is -1.98. The van der Waals surface area contributed by atoms with Crippen LogP contribution in [0.3, 0.4) is 0 Å². The summed E-state index contributed by atoms with van der Waals surface area (Å²) >= 11 is 0. The van der Waals surface area contributed by atoms with E-state index in [2.05, 4.69) is 0 Å². The first kappa shape index (κ1) is 9.58. The second-order valence-corrected chi connectivity index (χ2v) is 2.78. The number of furan rings is 1. The molecule has 3 heteroatoms. The average Bonchev–Trinajstić information content (AvgIpc) is 2.46. The van der Waals surface area contributed by atoms with Gasteiger partial charge in [0.2, 0.25) is 0 Å². The SMILES string of the molecule is CC/C(=C\c1ccc(C)o1)C(=O)O. The maximum atomic E-state index is 10.6. The van der Waals surface area contributed by atoms with Crippen LogP contribution in [0.5, 0.6) is 0 Å². The molecule has 0 unspecified atom stereocenters. The molecule has 70 valence electrons. The molecular formula is C10H12O3. The highest BCUT2D eigenvalue weighted by molar-refractivity contribution is 5.91. The summed E-state index contributed by atoms with van der Waals surface area (Å²) in [7, 11) is 0. The minimum Gasteiger partial charge on any atom is -0.478 e. The van der Waals surface area contributed by atoms with Crippen LogP contribution >= 0.6 is 0 Å². The van der Waals surface area contributed by atoms with Crippen molar-refractivity contribution in [2.45, 2.75) is 20.3 Å². The Balaban J connectivity index is 2.91. The van der Waals surface area contributed by atoms with Crippen molar-refractivity contribution in [2.75, 3.05) is 0 Å². The van der Waals surface area contributed by atoms with Crippen molar-refractivity contribution in [3.63, 3.8) is 0 Å². The molecule has 1 heterocycles. The third-order valence-electron chi connectivity index (χ3n) is 1.73. The zero-order chi connectivity index (χ0) is 9.84. The van der Waals surface area contributed by atoms with Crippen molar-refractivity contribution < 1.29 is 14.3 Å². The van der Waals surface area contributed by atoms with Gasteiger partial charge in [0.15, 0.2) is 0 Å². The quantitative estimate of drug-likeness (QED) is 0.727. The second-order valence-electron chi connectivity index (χ2n) is 2.78. The van der Waals surface area contributed by atoms with Gasteiger partial charge >= 0.3 is 5.97 Å². The molecule has 0 radical (unpaired) electrons. The highest BCUT2D eigenvalue weighted by Crippen LogP contribution is 2.12. The zero-order valence-electron chi connectivity index (χ0n) is 7.70. The summed E-state index contributed by atoms with van der Waals surface area (Å²) in [5, 5.41) is 8.73. The molecule has 0 aliphatic carbocycles. The number of carbonyl (C=O) groups is 1. The van der Waals surface area contributed by atoms with Crippen LogP contribution in [0.25, 0.3) is 6.08 Å². The third kappa shape index (κ3) is 2.47. The minimum absolute atomic E-state index is 0.356. The van der Waals surface area contributed by atoms with Gasteiger partial charge in [-0.3, -0.25) is 0 Å². The van der Waals surface area contributed by atoms with Crippen LogP contribution in [0.1, 0.15) is 24.9 Å². The molecule has 0 saturated heterocycles. The second kappa shape index (κ2) is 3.94. The molecule has 0 fully saturated rings. The first-order valence-electron chi connectivity index (χ1n) is 4.13. The number of aryl methyl sites for hydroxylation is 1. The highest BCUT2D eigenvalue weighted by Gasteiger charge is 2.05. The number of hydrogen-bond acceptors (Lipinski definition) is 2. The van der Waals surface area contributed by atoms with E-state index >= 15 is 0 Å². The summed E-state index contributed by atoms with van der Waals surface area (Å²) in [4.78, 5) is 10.6. The molecule has 1 N–H and O–H groups in total. The highest BCUT2D eigenvalue weighted by atomic mass is 16.4. The Bertz CT molecular complexity index is 334. The maximum Gasteiger partial charge on any atom is 0.331 e. The smallest absolute Gasteiger partial charge is 0.331 e. The van der Waals surface area contributed by atoms with Gasteiger partial charge in [-0.2, -0.15) is 0 Å². The van der Waals surface area contributed by atoms with Crippen LogP contribution in [0.15, 0.2) is 22.1 Å². The van der Waals surface area contributed by atoms with E-state index in [0.717, 1.165) is 5.76 Å². The molecule has 1 rings (SSSR count). The van der Waals surface area contributed by atoms with Gasteiger partial charge in [-0.25, -0.2) is 4.79 Å². The van der Waals surface area contributed by atoms with Crippen molar-refractivity contribution in [3.8, 4) is 0 Å². The van der Waals surface area contributed by atoms with E-state index in [1.165, 1.54) is 0 Å². The molecule has 0 aromatic carbocycles. The Morgan fingerprint density at radius 2 is 2.31 bits per heavy atom. The lowest BCUT2D eigenvalue weighted by molar-refractivity contribution is -0.132. The standard InChI is InChI=1S/C10H12O3/c1-3-8(10(11)12)6-9-5-4-7(2)13-9/h4-6H,3H2,1-2H3,(H,11,12)/b8-6+. The van der Waals surface area contributed by atoms with Crippen molar-refractivity contribution in [1.29, 1.82) is 0 Å². The predicted octanol–water partition coefficient (Wildman–Crippen LogP) is 2.47. The Hall–Kier alpha value is -1.51. The van der Waals surface area contributed by atoms with E-state index < -0.39 is 5.97 Å². The normalized spacial score (nSPS) is 11.7. The van der Waals surface area contributed by atoms with Crippen molar-refractivity contribution in [2.24, 2.45) is 0 Å². The van der Waals surface area contributed by atoms with Gasteiger partial charge in [-0.05, 0) is 31.6 Å². The third-order valence-corrected chi connectivity index (χ3v) is 1.73. The first-order chi connectivity index (χ1) is 6.13. The van der Waals surface area contributed by atoms with E-state index in [9.17, 15) is 4.79 Å². The average molecular weight is 180 g/mol. The van der Waals surface area contributed by atoms with Gasteiger partial charge in [-0.1, -0.05) is 6.92 Å². The Morgan fingerprint density at radius 3 is 2.69 bits per heavy atom. The topological polar surface area (TPSA) is 50.4 Å². The summed E-state index contributed by atoms with van der Waals surface area (Å²) in [5.74, 6) is 0.486. The molecule has 0 aliphatic heterocycles. The molecule has 1 aromatic rings. The zero-order valence-corrected chi connectivity index (χ0v) is 7.70. The summed E-state index contributed by atoms with van der Waals surface area (Å²) < 4.78 is 5.23. The van der Waals surface area contributed by atoms with E-state index in [0.29, 0.717) is 17.8 Å². The van der Waals surface area contributed by atoms with Crippen molar-refractivity contribution >= 4 is 12.0 Å². The molecule has 0 spiro atoms. The molecule has 3 nitrogen and oxygen atoms in total. The molecular weight excluding hydrogens is 168 g/mol. The van der Waals surface area contributed by atoms with Crippen LogP contribution < -0.4 is 0 Å². The van der Waals surface area contributed by atoms with Gasteiger partial charge < -0.3 is 9.52 Å². The summed E-state index contributed by atoms with van der Waals surface area (Å²) in [6, 6.07) is 3.56. The molecule has 13 heavy (non-hydrogen) atoms. The molecule has 0 atom stereocenters. The Morgan fingerprint density at radius 1 is 1.62 bits per heavy atom. The van der Waals surface area contributed by atoms with Gasteiger partial charge in [0.05, 0.1) is 0 Å². The maximum absolute atomic E-state index is 10.6. The van der Waals surface area contributed by atoms with Crippen LogP contribution in [-0.4, -0.2) is 11.1 Å². The Kier molecular flexibility index (Phi) is 2.90. The lowest BCUT2D eigenvalue weighted by Gasteiger charge is -1.94. The predicted molar refractivity (Wildman–Crippen MR) is 49.3 cm³/mol. The van der Waals surface area contributed by atoms with Gasteiger partial charge in [0, 0.05) is 5.57 Å². The van der Waals surface area contributed by atoms with E-state index in [-0.39, 0.29) is 0 Å². The Labute approximate surface area is 76.7 Å². The summed E-state index contributed by atoms with van der Waals surface area (Å²) in [6.45, 7) is 3.62. The fraction of sp³-hybridized carbons (Fsp3) is 0.300. The minimum atomic E-state index is -0.892. The number of rotatable bonds is 3. The number of aliphatic carboxylic acids is 1. The van der Waals surface area contributed by atoms with Gasteiger partial charge in [0.25, 0.3) is 0 Å². The van der Waals surface area contributed by atoms with E-state index in [1.54, 1.807) is 25.1 Å². The van der Waals surface area contributed by atoms with Crippen molar-refractivity contribution in [3.05, 3.63) is 29.2 Å². The van der Waals surface area contributed by atoms with Crippen LogP contribution in [0.4, 0.5) is 0 Å². The molecule has 0 saturated carbocycles. The van der Waals surface area contributed by atoms with Gasteiger partial charge in [0.1, 0.15) is 11.5 Å². The van der Waals surface area contributed by atoms with E-state index in [4.69, 9.17) is 9.52 Å². The lowest BCUT2D eigenvalue weighted by atomic mass is 10.2. The first-order valence-corrected chi connectivity index (χ1v) is 4.13. The van der Waals surface area contributed by atoms with Crippen molar-refractivity contribution in [1.82, 2.24) is 0 Å². The number of carboxylic acids is 1. The van der Waals surface area contributed by atoms with Crippen LogP contribution in [0, 0.1) is 6.92 Å². The summed E-state index contributed by atoms with van der Waals surface area (Å²) in [5.41, 5.74) is 0.356. The van der Waals surface area contributed by atoms with Crippen LogP contribution in [0.2, 0.25) is 0 Å². The monoisotopic (exact) mass is 180 g/mol. The molecule has 0 bridgehead atoms. The van der Waals surface area contributed by atoms with Crippen LogP contribution in [-0.2, 0) is 4.79 Å². The number of carboxylic acid groups (broad SMARTS) is 1. The van der Waals surface area contributed by atoms with E-state index in [1.807, 2.05) is 6.92 Å².